The Balaban J connectivity index is 2.11. The highest BCUT2D eigenvalue weighted by Crippen LogP contribution is 2.38. The quantitative estimate of drug-likeness (QED) is 0.846. The van der Waals surface area contributed by atoms with Crippen molar-refractivity contribution in [2.45, 2.75) is 51.2 Å². The second kappa shape index (κ2) is 7.86. The first-order valence-corrected chi connectivity index (χ1v) is 11.4. The Labute approximate surface area is 153 Å². The van der Waals surface area contributed by atoms with Crippen molar-refractivity contribution in [3.8, 4) is 0 Å². The molecule has 2 aromatic rings. The van der Waals surface area contributed by atoms with Crippen LogP contribution in [0.15, 0.2) is 60.7 Å². The van der Waals surface area contributed by atoms with Gasteiger partial charge in [0, 0.05) is 6.54 Å². The third kappa shape index (κ3) is 3.89. The zero-order chi connectivity index (χ0) is 17.8. The summed E-state index contributed by atoms with van der Waals surface area (Å²) in [5.41, 5.74) is 0. The Morgan fingerprint density at radius 2 is 1.44 bits per heavy atom. The first-order chi connectivity index (χ1) is 12.0. The van der Waals surface area contributed by atoms with Gasteiger partial charge in [0.1, 0.15) is 0 Å². The van der Waals surface area contributed by atoms with E-state index in [9.17, 15) is 0 Å². The molecule has 1 N–H and O–H groups in total. The van der Waals surface area contributed by atoms with Crippen LogP contribution in [0.4, 0.5) is 0 Å². The minimum atomic E-state index is -2.40. The largest absolute Gasteiger partial charge is 0.403 e. The molecule has 1 fully saturated rings. The van der Waals surface area contributed by atoms with Crippen LogP contribution < -0.4 is 15.7 Å². The highest BCUT2D eigenvalue weighted by Gasteiger charge is 2.51. The zero-order valence-electron chi connectivity index (χ0n) is 15.8. The van der Waals surface area contributed by atoms with E-state index in [4.69, 9.17) is 4.43 Å². The summed E-state index contributed by atoms with van der Waals surface area (Å²) in [7, 11) is -2.40. The van der Waals surface area contributed by atoms with Crippen molar-refractivity contribution in [3.05, 3.63) is 60.7 Å². The zero-order valence-corrected chi connectivity index (χ0v) is 16.8. The van der Waals surface area contributed by atoms with E-state index in [1.165, 1.54) is 23.2 Å². The normalized spacial score (nSPS) is 19.4. The number of hydrogen-bond donors (Lipinski definition) is 1. The number of hydrogen-bond acceptors (Lipinski definition) is 2. The first-order valence-electron chi connectivity index (χ1n) is 9.53. The van der Waals surface area contributed by atoms with E-state index in [1.807, 2.05) is 0 Å². The lowest BCUT2D eigenvalue weighted by Gasteiger charge is -2.45. The molecule has 1 atom stereocenters. The van der Waals surface area contributed by atoms with Crippen molar-refractivity contribution >= 4 is 18.7 Å². The summed E-state index contributed by atoms with van der Waals surface area (Å²) in [6.07, 6.45) is 3.93. The Kier molecular flexibility index (Phi) is 5.77. The lowest BCUT2D eigenvalue weighted by Crippen LogP contribution is -2.68. The van der Waals surface area contributed by atoms with Crippen LogP contribution in [0.1, 0.15) is 40.0 Å². The van der Waals surface area contributed by atoms with E-state index < -0.39 is 8.32 Å². The molecule has 0 radical (unpaired) electrons. The lowest BCUT2D eigenvalue weighted by atomic mass is 10.2. The molecular weight excluding hydrogens is 322 g/mol. The van der Waals surface area contributed by atoms with E-state index in [-0.39, 0.29) is 11.1 Å². The van der Waals surface area contributed by atoms with Gasteiger partial charge in [-0.1, -0.05) is 81.4 Å². The van der Waals surface area contributed by atoms with Crippen LogP contribution in [0.2, 0.25) is 5.04 Å². The van der Waals surface area contributed by atoms with E-state index >= 15 is 0 Å². The van der Waals surface area contributed by atoms with Crippen molar-refractivity contribution in [1.29, 1.82) is 0 Å². The molecule has 3 heteroatoms. The second-order valence-electron chi connectivity index (χ2n) is 8.10. The molecule has 2 nitrogen and oxygen atoms in total. The maximum Gasteiger partial charge on any atom is 0.261 e. The summed E-state index contributed by atoms with van der Waals surface area (Å²) in [5, 5.41) is 6.38. The third-order valence-corrected chi connectivity index (χ3v) is 10.4. The predicted molar refractivity (Wildman–Crippen MR) is 109 cm³/mol. The van der Waals surface area contributed by atoms with Crippen molar-refractivity contribution in [2.75, 3.05) is 13.1 Å². The molecule has 1 heterocycles. The number of nitrogens with one attached hydrogen (secondary N) is 1. The molecule has 0 saturated carbocycles. The summed E-state index contributed by atoms with van der Waals surface area (Å²) in [5.74, 6) is 0. The van der Waals surface area contributed by atoms with E-state index in [0.717, 1.165) is 19.5 Å². The van der Waals surface area contributed by atoms with Gasteiger partial charge in [-0.15, -0.1) is 0 Å². The van der Waals surface area contributed by atoms with Crippen LogP contribution in [-0.2, 0) is 4.43 Å². The fraction of sp³-hybridized carbons (Fsp3) is 0.455. The molecule has 1 aliphatic rings. The molecule has 25 heavy (non-hydrogen) atoms. The molecule has 0 bridgehead atoms. The molecule has 0 aliphatic carbocycles. The molecule has 1 saturated heterocycles. The second-order valence-corrected chi connectivity index (χ2v) is 12.4. The van der Waals surface area contributed by atoms with Crippen molar-refractivity contribution in [3.63, 3.8) is 0 Å². The van der Waals surface area contributed by atoms with Crippen LogP contribution in [0.3, 0.4) is 0 Å². The smallest absolute Gasteiger partial charge is 0.261 e. The van der Waals surface area contributed by atoms with Crippen molar-refractivity contribution < 1.29 is 4.43 Å². The minimum absolute atomic E-state index is 0.0576. The average molecular weight is 354 g/mol. The number of rotatable bonds is 4. The molecule has 3 rings (SSSR count). The maximum absolute atomic E-state index is 7.17. The third-order valence-electron chi connectivity index (χ3n) is 5.26. The van der Waals surface area contributed by atoms with Gasteiger partial charge in [-0.05, 0) is 41.2 Å². The van der Waals surface area contributed by atoms with Gasteiger partial charge >= 0.3 is 0 Å². The molecule has 134 valence electrons. The van der Waals surface area contributed by atoms with Crippen molar-refractivity contribution in [2.24, 2.45) is 0 Å². The Hall–Kier alpha value is -1.42. The summed E-state index contributed by atoms with van der Waals surface area (Å²) < 4.78 is 7.17. The fourth-order valence-corrected chi connectivity index (χ4v) is 8.75. The van der Waals surface area contributed by atoms with E-state index in [2.05, 4.69) is 86.8 Å². The van der Waals surface area contributed by atoms with E-state index in [1.54, 1.807) is 0 Å². The molecule has 0 spiro atoms. The monoisotopic (exact) mass is 353 g/mol. The summed E-state index contributed by atoms with van der Waals surface area (Å²) in [4.78, 5) is 0. The Morgan fingerprint density at radius 3 is 1.96 bits per heavy atom. The number of benzene rings is 2. The summed E-state index contributed by atoms with van der Waals surface area (Å²) in [6.45, 7) is 9.13. The standard InChI is InChI=1S/C22H31NOSi/c1-22(2,3)25(20-13-6-4-7-14-20,21-15-8-5-9-16-21)24-19-12-10-11-17-23-18-19/h4-9,13-16,19,23H,10-12,17-18H2,1-3H3/t19-/m1/s1. The SMILES string of the molecule is CC(C)(C)[Si](O[C@@H]1CCCCNC1)(c1ccccc1)c1ccccc1. The minimum Gasteiger partial charge on any atom is -0.403 e. The molecule has 0 amide bonds. The Bertz CT molecular complexity index is 603. The van der Waals surface area contributed by atoms with Crippen molar-refractivity contribution in [1.82, 2.24) is 5.32 Å². The summed E-state index contributed by atoms with van der Waals surface area (Å²) in [6, 6.07) is 21.9. The van der Waals surface area contributed by atoms with Gasteiger partial charge in [-0.2, -0.15) is 0 Å². The molecular formula is C22H31NOSi. The summed E-state index contributed by atoms with van der Waals surface area (Å²) >= 11 is 0. The molecule has 0 unspecified atom stereocenters. The van der Waals surface area contributed by atoms with Gasteiger partial charge in [-0.3, -0.25) is 0 Å². The highest BCUT2D eigenvalue weighted by molar-refractivity contribution is 6.99. The fourth-order valence-electron chi connectivity index (χ4n) is 4.03. The van der Waals surface area contributed by atoms with Gasteiger partial charge < -0.3 is 9.74 Å². The molecule has 1 aliphatic heterocycles. The van der Waals surface area contributed by atoms with Gasteiger partial charge in [0.05, 0.1) is 6.10 Å². The Morgan fingerprint density at radius 1 is 0.880 bits per heavy atom. The first kappa shape index (κ1) is 18.4. The average Bonchev–Trinajstić information content (AvgIpc) is 2.89. The van der Waals surface area contributed by atoms with Crippen LogP contribution in [-0.4, -0.2) is 27.5 Å². The topological polar surface area (TPSA) is 21.3 Å². The highest BCUT2D eigenvalue weighted by atomic mass is 28.4. The molecule has 0 aromatic heterocycles. The van der Waals surface area contributed by atoms with E-state index in [0.29, 0.717) is 0 Å². The van der Waals surface area contributed by atoms with Crippen LogP contribution >= 0.6 is 0 Å². The van der Waals surface area contributed by atoms with Gasteiger partial charge in [-0.25, -0.2) is 0 Å². The van der Waals surface area contributed by atoms with Crippen LogP contribution in [0, 0.1) is 0 Å². The van der Waals surface area contributed by atoms with Crippen LogP contribution in [0.5, 0.6) is 0 Å². The van der Waals surface area contributed by atoms with Gasteiger partial charge in [0.2, 0.25) is 0 Å². The van der Waals surface area contributed by atoms with Gasteiger partial charge in [0.25, 0.3) is 8.32 Å². The maximum atomic E-state index is 7.17. The lowest BCUT2D eigenvalue weighted by molar-refractivity contribution is 0.180. The van der Waals surface area contributed by atoms with Gasteiger partial charge in [0.15, 0.2) is 0 Å². The predicted octanol–water partition coefficient (Wildman–Crippen LogP) is 3.71. The van der Waals surface area contributed by atoms with Crippen LogP contribution in [0.25, 0.3) is 0 Å². The molecule has 2 aromatic carbocycles.